The van der Waals surface area contributed by atoms with Crippen molar-refractivity contribution in [3.63, 3.8) is 0 Å². The Morgan fingerprint density at radius 1 is 1.50 bits per heavy atom. The average Bonchev–Trinajstić information content (AvgIpc) is 2.57. The summed E-state index contributed by atoms with van der Waals surface area (Å²) in [5, 5.41) is 0. The molecule has 1 aromatic rings. The summed E-state index contributed by atoms with van der Waals surface area (Å²) >= 11 is 0. The molecule has 1 aliphatic carbocycles. The van der Waals surface area contributed by atoms with Crippen LogP contribution in [0.1, 0.15) is 23.6 Å². The van der Waals surface area contributed by atoms with Crippen LogP contribution in [0.15, 0.2) is 0 Å². The van der Waals surface area contributed by atoms with E-state index in [4.69, 9.17) is 4.74 Å². The second-order valence-corrected chi connectivity index (χ2v) is 4.02. The number of methoxy groups -OCH3 is 1. The van der Waals surface area contributed by atoms with E-state index < -0.39 is 12.1 Å². The first kappa shape index (κ1) is 11.4. The van der Waals surface area contributed by atoms with Gasteiger partial charge in [0.05, 0.1) is 11.6 Å². The third-order valence-electron chi connectivity index (χ3n) is 2.84. The van der Waals surface area contributed by atoms with Crippen molar-refractivity contribution in [3.8, 4) is 0 Å². The highest BCUT2D eigenvalue weighted by molar-refractivity contribution is 5.19. The first-order valence-electron chi connectivity index (χ1n) is 5.13. The lowest BCUT2D eigenvalue weighted by Gasteiger charge is -2.23. The second-order valence-electron chi connectivity index (χ2n) is 4.02. The molecule has 3 nitrogen and oxygen atoms in total. The number of hydrogen-bond acceptors (Lipinski definition) is 2. The van der Waals surface area contributed by atoms with Gasteiger partial charge < -0.3 is 9.72 Å². The minimum atomic E-state index is -4.11. The molecule has 1 aliphatic rings. The molecule has 16 heavy (non-hydrogen) atoms. The number of fused-ring (bicyclic) bond motifs is 1. The highest BCUT2D eigenvalue weighted by Gasteiger charge is 2.41. The number of hydrogen-bond donors (Lipinski definition) is 1. The van der Waals surface area contributed by atoms with Gasteiger partial charge in [-0.3, -0.25) is 0 Å². The zero-order valence-corrected chi connectivity index (χ0v) is 8.90. The number of nitrogens with one attached hydrogen (secondary N) is 1. The van der Waals surface area contributed by atoms with Crippen LogP contribution in [0.3, 0.4) is 0 Å². The number of H-pyrrole nitrogens is 1. The minimum Gasteiger partial charge on any atom is -0.377 e. The topological polar surface area (TPSA) is 37.9 Å². The monoisotopic (exact) mass is 234 g/mol. The zero-order valence-electron chi connectivity index (χ0n) is 8.90. The number of ether oxygens (including phenoxy) is 1. The van der Waals surface area contributed by atoms with Crippen LogP contribution in [-0.4, -0.2) is 23.3 Å². The maximum Gasteiger partial charge on any atom is 0.392 e. The molecule has 2 rings (SSSR count). The lowest BCUT2D eigenvalue weighted by molar-refractivity contribution is -0.177. The van der Waals surface area contributed by atoms with E-state index in [2.05, 4.69) is 9.97 Å². The summed E-state index contributed by atoms with van der Waals surface area (Å²) in [6, 6.07) is 0. The predicted molar refractivity (Wildman–Crippen MR) is 50.9 cm³/mol. The van der Waals surface area contributed by atoms with E-state index >= 15 is 0 Å². The van der Waals surface area contributed by atoms with Gasteiger partial charge in [-0.1, -0.05) is 0 Å². The van der Waals surface area contributed by atoms with Gasteiger partial charge in [-0.05, 0) is 12.8 Å². The predicted octanol–water partition coefficient (Wildman–Crippen LogP) is 2.22. The molecule has 0 aliphatic heterocycles. The van der Waals surface area contributed by atoms with E-state index in [1.165, 1.54) is 7.11 Å². The molecule has 0 bridgehead atoms. The summed E-state index contributed by atoms with van der Waals surface area (Å²) < 4.78 is 42.5. The Kier molecular flexibility index (Phi) is 2.92. The number of nitrogens with zero attached hydrogens (tertiary/aromatic N) is 1. The molecule has 1 unspecified atom stereocenters. The van der Waals surface area contributed by atoms with Crippen molar-refractivity contribution in [2.45, 2.75) is 32.0 Å². The number of aromatic nitrogens is 2. The molecule has 1 N–H and O–H groups in total. The van der Waals surface area contributed by atoms with Gasteiger partial charge >= 0.3 is 6.18 Å². The van der Waals surface area contributed by atoms with E-state index in [-0.39, 0.29) is 12.8 Å². The average molecular weight is 234 g/mol. The third-order valence-corrected chi connectivity index (χ3v) is 2.84. The summed E-state index contributed by atoms with van der Waals surface area (Å²) in [6.07, 6.45) is -3.58. The van der Waals surface area contributed by atoms with Crippen molar-refractivity contribution in [2.24, 2.45) is 5.92 Å². The highest BCUT2D eigenvalue weighted by atomic mass is 19.4. The van der Waals surface area contributed by atoms with E-state index in [0.29, 0.717) is 24.5 Å². The molecule has 6 heteroatoms. The van der Waals surface area contributed by atoms with Gasteiger partial charge in [0.25, 0.3) is 0 Å². The van der Waals surface area contributed by atoms with Crippen molar-refractivity contribution in [2.75, 3.05) is 7.11 Å². The highest BCUT2D eigenvalue weighted by Crippen LogP contribution is 2.36. The maximum atomic E-state index is 12.5. The van der Waals surface area contributed by atoms with Crippen molar-refractivity contribution in [1.82, 2.24) is 9.97 Å². The summed E-state index contributed by atoms with van der Waals surface area (Å²) in [5.74, 6) is -0.633. The van der Waals surface area contributed by atoms with E-state index in [1.807, 2.05) is 0 Å². The van der Waals surface area contributed by atoms with Crippen LogP contribution in [0, 0.1) is 5.92 Å². The fraction of sp³-hybridized carbons (Fsp3) is 0.700. The molecular formula is C10H13F3N2O. The summed E-state index contributed by atoms with van der Waals surface area (Å²) in [4.78, 5) is 7.11. The molecule has 0 saturated heterocycles. The lowest BCUT2D eigenvalue weighted by atomic mass is 9.89. The molecule has 0 amide bonds. The molecule has 0 aromatic carbocycles. The van der Waals surface area contributed by atoms with Crippen LogP contribution in [0.2, 0.25) is 0 Å². The van der Waals surface area contributed by atoms with Gasteiger partial charge in [0, 0.05) is 19.2 Å². The maximum absolute atomic E-state index is 12.5. The smallest absolute Gasteiger partial charge is 0.377 e. The fourth-order valence-electron chi connectivity index (χ4n) is 2.02. The SMILES string of the molecule is COCc1nc2c([nH]1)CC(C(F)(F)F)CC2. The summed E-state index contributed by atoms with van der Waals surface area (Å²) in [6.45, 7) is 0.309. The number of aromatic amines is 1. The van der Waals surface area contributed by atoms with Gasteiger partial charge in [-0.2, -0.15) is 13.2 Å². The second kappa shape index (κ2) is 4.08. The minimum absolute atomic E-state index is 0.00947. The van der Waals surface area contributed by atoms with E-state index in [1.54, 1.807) is 0 Å². The van der Waals surface area contributed by atoms with Crippen LogP contribution in [0.5, 0.6) is 0 Å². The summed E-state index contributed by atoms with van der Waals surface area (Å²) in [7, 11) is 1.53. The van der Waals surface area contributed by atoms with Crippen LogP contribution in [-0.2, 0) is 24.2 Å². The number of halogens is 3. The summed E-state index contributed by atoms with van der Waals surface area (Å²) in [5.41, 5.74) is 1.37. The normalized spacial score (nSPS) is 20.9. The Morgan fingerprint density at radius 3 is 2.88 bits per heavy atom. The standard InChI is InChI=1S/C10H13F3N2O/c1-16-5-9-14-7-3-2-6(10(11,12)13)4-8(7)15-9/h6H,2-5H2,1H3,(H,14,15). The Hall–Kier alpha value is -1.04. The third kappa shape index (κ3) is 2.21. The molecule has 0 fully saturated rings. The quantitative estimate of drug-likeness (QED) is 0.852. The molecular weight excluding hydrogens is 221 g/mol. The number of imidazole rings is 1. The Morgan fingerprint density at radius 2 is 2.25 bits per heavy atom. The van der Waals surface area contributed by atoms with Crippen molar-refractivity contribution in [3.05, 3.63) is 17.2 Å². The number of alkyl halides is 3. The Labute approximate surface area is 91.0 Å². The molecule has 90 valence electrons. The first-order valence-corrected chi connectivity index (χ1v) is 5.13. The zero-order chi connectivity index (χ0) is 11.8. The molecule has 1 atom stereocenters. The molecule has 0 spiro atoms. The molecule has 1 heterocycles. The van der Waals surface area contributed by atoms with E-state index in [9.17, 15) is 13.2 Å². The number of aryl methyl sites for hydroxylation is 1. The van der Waals surface area contributed by atoms with Crippen LogP contribution in [0.25, 0.3) is 0 Å². The first-order chi connectivity index (χ1) is 7.50. The largest absolute Gasteiger partial charge is 0.392 e. The van der Waals surface area contributed by atoms with Gasteiger partial charge in [-0.15, -0.1) is 0 Å². The van der Waals surface area contributed by atoms with Crippen molar-refractivity contribution < 1.29 is 17.9 Å². The van der Waals surface area contributed by atoms with Crippen molar-refractivity contribution in [1.29, 1.82) is 0 Å². The van der Waals surface area contributed by atoms with Gasteiger partial charge in [-0.25, -0.2) is 4.98 Å². The van der Waals surface area contributed by atoms with Crippen LogP contribution >= 0.6 is 0 Å². The fourth-order valence-corrected chi connectivity index (χ4v) is 2.02. The van der Waals surface area contributed by atoms with Gasteiger partial charge in [0.2, 0.25) is 0 Å². The van der Waals surface area contributed by atoms with Crippen LogP contribution in [0.4, 0.5) is 13.2 Å². The number of rotatable bonds is 2. The van der Waals surface area contributed by atoms with E-state index in [0.717, 1.165) is 5.69 Å². The van der Waals surface area contributed by atoms with Gasteiger partial charge in [0.1, 0.15) is 12.4 Å². The van der Waals surface area contributed by atoms with Crippen LogP contribution < -0.4 is 0 Å². The lowest BCUT2D eigenvalue weighted by Crippen LogP contribution is -2.28. The van der Waals surface area contributed by atoms with Crippen molar-refractivity contribution >= 4 is 0 Å². The molecule has 1 aromatic heterocycles. The Bertz CT molecular complexity index is 373. The molecule has 0 radical (unpaired) electrons. The Balaban J connectivity index is 2.14. The van der Waals surface area contributed by atoms with Gasteiger partial charge in [0.15, 0.2) is 0 Å². The molecule has 0 saturated carbocycles.